The van der Waals surface area contributed by atoms with Gasteiger partial charge in [-0.2, -0.15) is 5.10 Å². The molecule has 1 fully saturated rings. The van der Waals surface area contributed by atoms with E-state index < -0.39 is 6.36 Å². The van der Waals surface area contributed by atoms with Gasteiger partial charge < -0.3 is 10.5 Å². The van der Waals surface area contributed by atoms with Gasteiger partial charge in [0, 0.05) is 5.56 Å². The summed E-state index contributed by atoms with van der Waals surface area (Å²) in [7, 11) is 0. The number of hydrogen-bond donors (Lipinski definition) is 1. The topological polar surface area (TPSA) is 105 Å². The highest BCUT2D eigenvalue weighted by molar-refractivity contribution is 8.15. The predicted octanol–water partition coefficient (Wildman–Crippen LogP) is 6.55. The van der Waals surface area contributed by atoms with Gasteiger partial charge in [0.1, 0.15) is 17.9 Å². The molecule has 3 aromatic carbocycles. The molecule has 0 atom stereocenters. The third kappa shape index (κ3) is 7.82. The Labute approximate surface area is 239 Å². The molecule has 1 aliphatic heterocycles. The maximum absolute atomic E-state index is 12.8. The molecule has 0 unspecified atom stereocenters. The Balaban J connectivity index is 1.42. The minimum Gasteiger partial charge on any atom is -0.406 e. The van der Waals surface area contributed by atoms with Crippen molar-refractivity contribution in [2.24, 2.45) is 25.9 Å². The maximum atomic E-state index is 12.8. The lowest BCUT2D eigenvalue weighted by molar-refractivity contribution is -0.274. The van der Waals surface area contributed by atoms with Crippen LogP contribution >= 0.6 is 11.8 Å². The number of ether oxygens (including phenoxy) is 1. The first kappa shape index (κ1) is 29.5. The highest BCUT2D eigenvalue weighted by atomic mass is 32.2. The number of amidine groups is 2. The van der Waals surface area contributed by atoms with E-state index in [9.17, 15) is 18.0 Å². The third-order valence-corrected chi connectivity index (χ3v) is 6.82. The molecule has 1 amide bonds. The summed E-state index contributed by atoms with van der Waals surface area (Å²) in [6.07, 6.45) is -1.96. The number of aliphatic imine (C=N–C) groups is 2. The molecule has 0 saturated carbocycles. The van der Waals surface area contributed by atoms with Crippen LogP contribution in [0.15, 0.2) is 86.9 Å². The van der Waals surface area contributed by atoms with E-state index in [0.717, 1.165) is 34.5 Å². The standard InChI is InChI=1S/C29H27F3N6O2S/c1-18(2)24-6-4-5-19(3)26(24)38-25(39)16-41-28(38)37-36-15-20-7-9-21(10-8-20)27(33)35-17-34-22-11-13-23(14-12-22)40-29(30,31)32/h4-15,17-18H,16H2,1-3H3,(H2,33,34,35)/b36-15-,37-28+. The largest absolute Gasteiger partial charge is 0.573 e. The third-order valence-electron chi connectivity index (χ3n) is 5.91. The number of nitrogens with zero attached hydrogens (tertiary/aromatic N) is 5. The number of carbonyl (C=O) groups excluding carboxylic acids is 1. The smallest absolute Gasteiger partial charge is 0.406 e. The van der Waals surface area contributed by atoms with Crippen LogP contribution in [-0.2, 0) is 4.79 Å². The highest BCUT2D eigenvalue weighted by Gasteiger charge is 2.33. The molecule has 12 heteroatoms. The van der Waals surface area contributed by atoms with Crippen molar-refractivity contribution in [3.63, 3.8) is 0 Å². The van der Waals surface area contributed by atoms with Gasteiger partial charge in [-0.05, 0) is 53.8 Å². The summed E-state index contributed by atoms with van der Waals surface area (Å²) < 4.78 is 40.6. The molecule has 4 rings (SSSR count). The second-order valence-electron chi connectivity index (χ2n) is 9.24. The van der Waals surface area contributed by atoms with Crippen molar-refractivity contribution >= 4 is 52.6 Å². The zero-order valence-corrected chi connectivity index (χ0v) is 23.3. The lowest BCUT2D eigenvalue weighted by Gasteiger charge is -2.23. The fourth-order valence-corrected chi connectivity index (χ4v) is 4.77. The van der Waals surface area contributed by atoms with Gasteiger partial charge in [-0.25, -0.2) is 9.98 Å². The Bertz CT molecular complexity index is 1510. The van der Waals surface area contributed by atoms with E-state index in [4.69, 9.17) is 5.73 Å². The van der Waals surface area contributed by atoms with E-state index in [0.29, 0.717) is 22.2 Å². The molecule has 1 aliphatic rings. The van der Waals surface area contributed by atoms with Gasteiger partial charge in [-0.15, -0.1) is 18.3 Å². The van der Waals surface area contributed by atoms with Crippen molar-refractivity contribution in [2.45, 2.75) is 33.1 Å². The number of benzene rings is 3. The van der Waals surface area contributed by atoms with E-state index in [1.165, 1.54) is 30.2 Å². The second kappa shape index (κ2) is 12.8. The van der Waals surface area contributed by atoms with Crippen LogP contribution in [0.3, 0.4) is 0 Å². The van der Waals surface area contributed by atoms with E-state index in [1.54, 1.807) is 35.4 Å². The van der Waals surface area contributed by atoms with E-state index in [2.05, 4.69) is 38.8 Å². The molecule has 0 spiro atoms. The van der Waals surface area contributed by atoms with Crippen molar-refractivity contribution < 1.29 is 22.7 Å². The van der Waals surface area contributed by atoms with Crippen LogP contribution in [0.5, 0.6) is 5.75 Å². The average molecular weight is 581 g/mol. The summed E-state index contributed by atoms with van der Waals surface area (Å²) in [5.41, 5.74) is 10.8. The number of para-hydroxylation sites is 1. The molecule has 3 aromatic rings. The first-order valence-corrected chi connectivity index (χ1v) is 13.5. The molecular weight excluding hydrogens is 553 g/mol. The molecule has 1 saturated heterocycles. The second-order valence-corrected chi connectivity index (χ2v) is 10.2. The zero-order valence-electron chi connectivity index (χ0n) is 22.5. The number of thioether (sulfide) groups is 1. The summed E-state index contributed by atoms with van der Waals surface area (Å²) >= 11 is 1.35. The summed E-state index contributed by atoms with van der Waals surface area (Å²) in [6.45, 7) is 6.16. The van der Waals surface area contributed by atoms with Crippen LogP contribution < -0.4 is 15.4 Å². The molecule has 0 aromatic heterocycles. The quantitative estimate of drug-likeness (QED) is 0.185. The van der Waals surface area contributed by atoms with Crippen molar-refractivity contribution in [1.82, 2.24) is 0 Å². The highest BCUT2D eigenvalue weighted by Crippen LogP contribution is 2.36. The summed E-state index contributed by atoms with van der Waals surface area (Å²) in [4.78, 5) is 22.6. The predicted molar refractivity (Wildman–Crippen MR) is 159 cm³/mol. The number of hydrogen-bond acceptors (Lipinski definition) is 6. The lowest BCUT2D eigenvalue weighted by Crippen LogP contribution is -2.31. The van der Waals surface area contributed by atoms with Crippen molar-refractivity contribution in [3.05, 3.63) is 89.0 Å². The van der Waals surface area contributed by atoms with Crippen LogP contribution in [0.25, 0.3) is 0 Å². The van der Waals surface area contributed by atoms with Crippen LogP contribution in [0.2, 0.25) is 0 Å². The molecule has 41 heavy (non-hydrogen) atoms. The van der Waals surface area contributed by atoms with Gasteiger partial charge in [0.05, 0.1) is 23.3 Å². The molecule has 0 bridgehead atoms. The molecular formula is C29H27F3N6O2S. The van der Waals surface area contributed by atoms with E-state index in [1.807, 2.05) is 25.1 Å². The van der Waals surface area contributed by atoms with Crippen molar-refractivity contribution in [3.8, 4) is 5.75 Å². The Kier molecular flexibility index (Phi) is 9.23. The van der Waals surface area contributed by atoms with Gasteiger partial charge in [0.15, 0.2) is 5.17 Å². The maximum Gasteiger partial charge on any atom is 0.573 e. The average Bonchev–Trinajstić information content (AvgIpc) is 3.28. The number of halogens is 3. The number of carbonyl (C=O) groups is 1. The Hall–Kier alpha value is -4.45. The molecule has 2 N–H and O–H groups in total. The molecule has 212 valence electrons. The number of rotatable bonds is 8. The van der Waals surface area contributed by atoms with Crippen LogP contribution in [-0.4, -0.2) is 41.6 Å². The SMILES string of the molecule is Cc1cccc(C(C)C)c1N1C(=O)CS/C1=N/N=C\c1ccc(C(N)=NC=Nc2ccc(OC(F)(F)F)cc2)cc1. The van der Waals surface area contributed by atoms with Crippen LogP contribution in [0.4, 0.5) is 24.5 Å². The summed E-state index contributed by atoms with van der Waals surface area (Å²) in [5.74, 6) is 0.366. The van der Waals surface area contributed by atoms with Crippen molar-refractivity contribution in [1.29, 1.82) is 0 Å². The summed E-state index contributed by atoms with van der Waals surface area (Å²) in [6, 6.07) is 18.1. The fraction of sp³-hybridized carbons (Fsp3) is 0.207. The number of amides is 1. The Morgan fingerprint density at radius 2 is 1.78 bits per heavy atom. The zero-order chi connectivity index (χ0) is 29.6. The monoisotopic (exact) mass is 580 g/mol. The van der Waals surface area contributed by atoms with Gasteiger partial charge in [-0.1, -0.05) is 68.1 Å². The van der Waals surface area contributed by atoms with Crippen molar-refractivity contribution in [2.75, 3.05) is 10.7 Å². The molecule has 1 heterocycles. The molecule has 0 radical (unpaired) electrons. The number of anilines is 1. The van der Waals surface area contributed by atoms with Gasteiger partial charge in [-0.3, -0.25) is 9.69 Å². The normalized spacial score (nSPS) is 15.7. The van der Waals surface area contributed by atoms with E-state index in [-0.39, 0.29) is 23.4 Å². The lowest BCUT2D eigenvalue weighted by atomic mass is 9.97. The van der Waals surface area contributed by atoms with Gasteiger partial charge >= 0.3 is 6.36 Å². The Morgan fingerprint density at radius 3 is 2.44 bits per heavy atom. The van der Waals surface area contributed by atoms with Gasteiger partial charge in [0.2, 0.25) is 5.91 Å². The minimum absolute atomic E-state index is 0.0321. The number of alkyl halides is 3. The van der Waals surface area contributed by atoms with Crippen LogP contribution in [0.1, 0.15) is 42.0 Å². The first-order valence-electron chi connectivity index (χ1n) is 12.5. The number of nitrogens with two attached hydrogens (primary N) is 1. The van der Waals surface area contributed by atoms with Gasteiger partial charge in [0.25, 0.3) is 0 Å². The molecule has 0 aliphatic carbocycles. The Morgan fingerprint density at radius 1 is 1.07 bits per heavy atom. The van der Waals surface area contributed by atoms with E-state index >= 15 is 0 Å². The number of aryl methyl sites for hydroxylation is 1. The molecule has 8 nitrogen and oxygen atoms in total. The first-order chi connectivity index (χ1) is 19.5. The van der Waals surface area contributed by atoms with Crippen LogP contribution in [0, 0.1) is 6.92 Å². The fourth-order valence-electron chi connectivity index (χ4n) is 3.96. The summed E-state index contributed by atoms with van der Waals surface area (Å²) in [5, 5.41) is 9.08. The minimum atomic E-state index is -4.76.